The van der Waals surface area contributed by atoms with E-state index in [1.807, 2.05) is 20.8 Å². The predicted octanol–water partition coefficient (Wildman–Crippen LogP) is 2.29. The molecule has 0 aromatic carbocycles. The van der Waals surface area contributed by atoms with Crippen molar-refractivity contribution in [3.63, 3.8) is 0 Å². The molecule has 0 aliphatic carbocycles. The fraction of sp³-hybridized carbons (Fsp3) is 0.714. The molecule has 1 aliphatic heterocycles. The van der Waals surface area contributed by atoms with Gasteiger partial charge in [0.1, 0.15) is 5.60 Å². The molecule has 1 fully saturated rings. The van der Waals surface area contributed by atoms with Gasteiger partial charge in [-0.15, -0.1) is 6.42 Å². The third kappa shape index (κ3) is 7.52. The first-order chi connectivity index (χ1) is 9.21. The van der Waals surface area contributed by atoms with E-state index in [0.29, 0.717) is 13.1 Å². The van der Waals surface area contributed by atoms with Crippen LogP contribution in [0.3, 0.4) is 0 Å². The van der Waals surface area contributed by atoms with Crippen LogP contribution in [-0.2, 0) is 4.74 Å². The number of carbonyl (C=O) groups is 2. The van der Waals surface area contributed by atoms with Crippen LogP contribution in [0.2, 0.25) is 0 Å². The maximum absolute atomic E-state index is 11.6. The number of terminal acetylenes is 1. The number of nitrogens with zero attached hydrogens (tertiary/aromatic N) is 1. The monoisotopic (exact) mass is 284 g/mol. The van der Waals surface area contributed by atoms with Crippen LogP contribution in [0.5, 0.6) is 0 Å². The molecule has 6 nitrogen and oxygen atoms in total. The van der Waals surface area contributed by atoms with E-state index in [-0.39, 0.29) is 12.1 Å². The van der Waals surface area contributed by atoms with Crippen molar-refractivity contribution in [3.05, 3.63) is 0 Å². The average molecular weight is 284 g/mol. The molecule has 6 heteroatoms. The molecule has 1 unspecified atom stereocenters. The molecule has 2 N–H and O–H groups in total. The van der Waals surface area contributed by atoms with Crippen molar-refractivity contribution in [2.24, 2.45) is 0 Å². The van der Waals surface area contributed by atoms with Crippen LogP contribution < -0.4 is 5.32 Å². The van der Waals surface area contributed by atoms with Crippen LogP contribution in [0.1, 0.15) is 40.5 Å². The summed E-state index contributed by atoms with van der Waals surface area (Å²) in [6.07, 6.45) is 5.92. The van der Waals surface area contributed by atoms with Crippen LogP contribution in [0.25, 0.3) is 0 Å². The van der Waals surface area contributed by atoms with E-state index in [1.54, 1.807) is 11.8 Å². The van der Waals surface area contributed by atoms with Gasteiger partial charge in [-0.05, 0) is 40.5 Å². The molecule has 1 aliphatic rings. The lowest BCUT2D eigenvalue weighted by Crippen LogP contribution is -2.39. The van der Waals surface area contributed by atoms with Gasteiger partial charge in [0.15, 0.2) is 0 Å². The van der Waals surface area contributed by atoms with Gasteiger partial charge in [0.25, 0.3) is 0 Å². The van der Waals surface area contributed by atoms with Gasteiger partial charge in [-0.3, -0.25) is 4.90 Å². The molecule has 0 saturated carbocycles. The standard InChI is InChI=1S/C11H17NO2.C3H7NO2/c1-5-9-7-6-8-12(9)10(13)14-11(2,3)4;1-2-4-3(5)6/h1,9H,6-8H2,2-4H3;4H,2H2,1H3,(H,5,6). The Morgan fingerprint density at radius 3 is 2.45 bits per heavy atom. The number of nitrogens with one attached hydrogen (secondary N) is 1. The zero-order chi connectivity index (χ0) is 15.8. The zero-order valence-corrected chi connectivity index (χ0v) is 12.6. The normalized spacial score (nSPS) is 17.6. The summed E-state index contributed by atoms with van der Waals surface area (Å²) in [5, 5.41) is 9.93. The molecule has 20 heavy (non-hydrogen) atoms. The topological polar surface area (TPSA) is 78.9 Å². The number of hydrogen-bond acceptors (Lipinski definition) is 3. The summed E-state index contributed by atoms with van der Waals surface area (Å²) in [5.74, 6) is 2.61. The van der Waals surface area contributed by atoms with Gasteiger partial charge in [0.2, 0.25) is 0 Å². The SMILES string of the molecule is C#CC1CCCN1C(=O)OC(C)(C)C.CCNC(=O)O. The molecular formula is C14H24N2O4. The maximum atomic E-state index is 11.6. The second kappa shape index (κ2) is 8.31. The van der Waals surface area contributed by atoms with E-state index >= 15 is 0 Å². The smallest absolute Gasteiger partial charge is 0.411 e. The molecule has 1 heterocycles. The summed E-state index contributed by atoms with van der Waals surface area (Å²) in [6.45, 7) is 8.48. The van der Waals surface area contributed by atoms with Gasteiger partial charge in [-0.2, -0.15) is 0 Å². The molecule has 0 radical (unpaired) electrons. The van der Waals surface area contributed by atoms with E-state index in [4.69, 9.17) is 16.3 Å². The van der Waals surface area contributed by atoms with Crippen LogP contribution in [0, 0.1) is 12.3 Å². The number of likely N-dealkylation sites (tertiary alicyclic amines) is 1. The zero-order valence-electron chi connectivity index (χ0n) is 12.6. The molecule has 1 saturated heterocycles. The van der Waals surface area contributed by atoms with E-state index in [2.05, 4.69) is 11.2 Å². The highest BCUT2D eigenvalue weighted by molar-refractivity contribution is 5.69. The molecule has 1 atom stereocenters. The van der Waals surface area contributed by atoms with Crippen LogP contribution in [0.15, 0.2) is 0 Å². The van der Waals surface area contributed by atoms with Crippen molar-refractivity contribution >= 4 is 12.2 Å². The molecule has 2 amide bonds. The van der Waals surface area contributed by atoms with Gasteiger partial charge in [-0.25, -0.2) is 9.59 Å². The Morgan fingerprint density at radius 1 is 1.50 bits per heavy atom. The van der Waals surface area contributed by atoms with Crippen LogP contribution in [0.4, 0.5) is 9.59 Å². The molecule has 0 aromatic rings. The minimum Gasteiger partial charge on any atom is -0.465 e. The van der Waals surface area contributed by atoms with Gasteiger partial charge in [0.05, 0.1) is 6.04 Å². The van der Waals surface area contributed by atoms with E-state index in [9.17, 15) is 9.59 Å². The molecule has 0 aromatic heterocycles. The van der Waals surface area contributed by atoms with Gasteiger partial charge in [0, 0.05) is 13.1 Å². The number of carbonyl (C=O) groups excluding carboxylic acids is 1. The largest absolute Gasteiger partial charge is 0.465 e. The lowest BCUT2D eigenvalue weighted by atomic mass is 10.2. The summed E-state index contributed by atoms with van der Waals surface area (Å²) in [6, 6.07) is -0.0788. The highest BCUT2D eigenvalue weighted by Crippen LogP contribution is 2.19. The summed E-state index contributed by atoms with van der Waals surface area (Å²) >= 11 is 0. The minimum atomic E-state index is -0.961. The van der Waals surface area contributed by atoms with Crippen LogP contribution >= 0.6 is 0 Å². The second-order valence-corrected chi connectivity index (χ2v) is 5.33. The highest BCUT2D eigenvalue weighted by atomic mass is 16.6. The summed E-state index contributed by atoms with van der Waals surface area (Å²) in [7, 11) is 0. The predicted molar refractivity (Wildman–Crippen MR) is 76.5 cm³/mol. The molecule has 0 spiro atoms. The summed E-state index contributed by atoms with van der Waals surface area (Å²) in [4.78, 5) is 22.8. The van der Waals surface area contributed by atoms with Crippen molar-refractivity contribution < 1.29 is 19.4 Å². The number of rotatable bonds is 1. The van der Waals surface area contributed by atoms with Gasteiger partial charge >= 0.3 is 12.2 Å². The molecule has 114 valence electrons. The number of hydrogen-bond donors (Lipinski definition) is 2. The first kappa shape index (κ1) is 18.1. The first-order valence-corrected chi connectivity index (χ1v) is 6.63. The van der Waals surface area contributed by atoms with Crippen molar-refractivity contribution in [1.29, 1.82) is 0 Å². The third-order valence-electron chi connectivity index (χ3n) is 2.40. The van der Waals surface area contributed by atoms with Crippen molar-refractivity contribution in [1.82, 2.24) is 10.2 Å². The summed E-state index contributed by atoms with van der Waals surface area (Å²) in [5.41, 5.74) is -0.446. The van der Waals surface area contributed by atoms with Gasteiger partial charge < -0.3 is 15.2 Å². The fourth-order valence-corrected chi connectivity index (χ4v) is 1.63. The fourth-order valence-electron chi connectivity index (χ4n) is 1.63. The number of ether oxygens (including phenoxy) is 1. The average Bonchev–Trinajstić information content (AvgIpc) is 2.75. The van der Waals surface area contributed by atoms with Crippen molar-refractivity contribution in [2.45, 2.75) is 52.2 Å². The van der Waals surface area contributed by atoms with Crippen LogP contribution in [-0.4, -0.2) is 46.9 Å². The number of carboxylic acid groups (broad SMARTS) is 1. The quantitative estimate of drug-likeness (QED) is 0.724. The Kier molecular flexibility index (Phi) is 7.52. The second-order valence-electron chi connectivity index (χ2n) is 5.33. The first-order valence-electron chi connectivity index (χ1n) is 6.63. The minimum absolute atomic E-state index is 0.0788. The lowest BCUT2D eigenvalue weighted by Gasteiger charge is -2.26. The van der Waals surface area contributed by atoms with Gasteiger partial charge in [-0.1, -0.05) is 5.92 Å². The highest BCUT2D eigenvalue weighted by Gasteiger charge is 2.30. The lowest BCUT2D eigenvalue weighted by molar-refractivity contribution is 0.0261. The Hall–Kier alpha value is -1.90. The molecular weight excluding hydrogens is 260 g/mol. The third-order valence-corrected chi connectivity index (χ3v) is 2.40. The van der Waals surface area contributed by atoms with E-state index < -0.39 is 11.7 Å². The number of amides is 2. The molecule has 0 bridgehead atoms. The van der Waals surface area contributed by atoms with Crippen molar-refractivity contribution in [3.8, 4) is 12.3 Å². The molecule has 1 rings (SSSR count). The van der Waals surface area contributed by atoms with E-state index in [1.165, 1.54) is 0 Å². The Morgan fingerprint density at radius 2 is 2.10 bits per heavy atom. The van der Waals surface area contributed by atoms with Crippen molar-refractivity contribution in [2.75, 3.05) is 13.1 Å². The Balaban J connectivity index is 0.000000511. The van der Waals surface area contributed by atoms with E-state index in [0.717, 1.165) is 12.8 Å². The Bertz CT molecular complexity index is 368. The Labute approximate surface area is 120 Å². The maximum Gasteiger partial charge on any atom is 0.411 e. The summed E-state index contributed by atoms with van der Waals surface area (Å²) < 4.78 is 5.25.